The molecule has 1 aromatic carbocycles. The Kier molecular flexibility index (Phi) is 2.76. The maximum Gasteiger partial charge on any atom is 0.269 e. The lowest BCUT2D eigenvalue weighted by atomic mass is 10.1. The first-order chi connectivity index (χ1) is 8.75. The molecule has 1 atom stereocenters. The summed E-state index contributed by atoms with van der Waals surface area (Å²) in [5, 5.41) is 5.16. The van der Waals surface area contributed by atoms with Crippen molar-refractivity contribution in [3.63, 3.8) is 0 Å². The van der Waals surface area contributed by atoms with Crippen molar-refractivity contribution in [3.8, 4) is 0 Å². The van der Waals surface area contributed by atoms with Crippen molar-refractivity contribution in [2.24, 2.45) is 11.7 Å². The van der Waals surface area contributed by atoms with Crippen LogP contribution in [0.3, 0.4) is 0 Å². The summed E-state index contributed by atoms with van der Waals surface area (Å²) < 4.78 is 7.23. The van der Waals surface area contributed by atoms with E-state index in [1.54, 1.807) is 0 Å². The van der Waals surface area contributed by atoms with Crippen LogP contribution in [-0.4, -0.2) is 28.9 Å². The second-order valence-corrected chi connectivity index (χ2v) is 4.64. The van der Waals surface area contributed by atoms with Gasteiger partial charge >= 0.3 is 0 Å². The molecule has 1 amide bonds. The highest BCUT2D eigenvalue weighted by Gasteiger charge is 2.20. The molecular weight excluding hydrogens is 230 g/mol. The molecule has 1 aliphatic rings. The van der Waals surface area contributed by atoms with Crippen LogP contribution >= 0.6 is 0 Å². The molecule has 94 valence electrons. The van der Waals surface area contributed by atoms with E-state index in [9.17, 15) is 4.79 Å². The molecule has 0 spiro atoms. The van der Waals surface area contributed by atoms with E-state index in [2.05, 4.69) is 5.10 Å². The van der Waals surface area contributed by atoms with E-state index < -0.39 is 5.91 Å². The normalized spacial score (nSPS) is 19.4. The molecule has 0 radical (unpaired) electrons. The number of hydrogen-bond acceptors (Lipinski definition) is 3. The van der Waals surface area contributed by atoms with Crippen LogP contribution in [0.1, 0.15) is 16.9 Å². The predicted molar refractivity (Wildman–Crippen MR) is 67.2 cm³/mol. The number of amides is 1. The zero-order chi connectivity index (χ0) is 12.5. The van der Waals surface area contributed by atoms with E-state index in [4.69, 9.17) is 10.5 Å². The van der Waals surface area contributed by atoms with Crippen LogP contribution in [0.5, 0.6) is 0 Å². The molecule has 2 N–H and O–H groups in total. The summed E-state index contributed by atoms with van der Waals surface area (Å²) in [7, 11) is 0. The number of fused-ring (bicyclic) bond motifs is 1. The number of benzene rings is 1. The lowest BCUT2D eigenvalue weighted by Crippen LogP contribution is -2.15. The Morgan fingerprint density at radius 3 is 3.06 bits per heavy atom. The Hall–Kier alpha value is -1.88. The molecule has 3 rings (SSSR count). The molecule has 0 bridgehead atoms. The molecule has 5 nitrogen and oxygen atoms in total. The van der Waals surface area contributed by atoms with Gasteiger partial charge in [0.15, 0.2) is 5.69 Å². The molecule has 2 aromatic rings. The Labute approximate surface area is 105 Å². The Morgan fingerprint density at radius 1 is 1.50 bits per heavy atom. The van der Waals surface area contributed by atoms with Crippen LogP contribution in [0.25, 0.3) is 10.9 Å². The van der Waals surface area contributed by atoms with Crippen molar-refractivity contribution in [2.45, 2.75) is 13.0 Å². The van der Waals surface area contributed by atoms with Gasteiger partial charge in [-0.2, -0.15) is 5.10 Å². The van der Waals surface area contributed by atoms with Crippen molar-refractivity contribution < 1.29 is 9.53 Å². The zero-order valence-electron chi connectivity index (χ0n) is 10.0. The number of nitrogens with zero attached hydrogens (tertiary/aromatic N) is 2. The van der Waals surface area contributed by atoms with Gasteiger partial charge in [0.2, 0.25) is 0 Å². The van der Waals surface area contributed by atoms with Crippen molar-refractivity contribution in [1.82, 2.24) is 9.78 Å². The highest BCUT2D eigenvalue weighted by Crippen LogP contribution is 2.21. The van der Waals surface area contributed by atoms with Gasteiger partial charge in [0.25, 0.3) is 5.91 Å². The SMILES string of the molecule is NC(=O)c1nn(CC2CCOC2)c2ccccc12. The molecular formula is C13H15N3O2. The second kappa shape index (κ2) is 4.42. The van der Waals surface area contributed by atoms with E-state index in [-0.39, 0.29) is 0 Å². The third-order valence-corrected chi connectivity index (χ3v) is 3.35. The molecule has 18 heavy (non-hydrogen) atoms. The second-order valence-electron chi connectivity index (χ2n) is 4.64. The Morgan fingerprint density at radius 2 is 2.33 bits per heavy atom. The monoisotopic (exact) mass is 245 g/mol. The smallest absolute Gasteiger partial charge is 0.269 e. The third-order valence-electron chi connectivity index (χ3n) is 3.35. The van der Waals surface area contributed by atoms with Crippen molar-refractivity contribution in [3.05, 3.63) is 30.0 Å². The number of aromatic nitrogens is 2. The van der Waals surface area contributed by atoms with Crippen LogP contribution < -0.4 is 5.73 Å². The van der Waals surface area contributed by atoms with Crippen molar-refractivity contribution >= 4 is 16.8 Å². The van der Waals surface area contributed by atoms with Crippen LogP contribution in [-0.2, 0) is 11.3 Å². The number of nitrogens with two attached hydrogens (primary N) is 1. The number of ether oxygens (including phenoxy) is 1. The largest absolute Gasteiger partial charge is 0.381 e. The minimum atomic E-state index is -0.479. The minimum absolute atomic E-state index is 0.351. The van der Waals surface area contributed by atoms with Gasteiger partial charge in [0.05, 0.1) is 12.1 Å². The van der Waals surface area contributed by atoms with Gasteiger partial charge in [-0.25, -0.2) is 0 Å². The summed E-state index contributed by atoms with van der Waals surface area (Å²) in [5.41, 5.74) is 6.67. The first-order valence-corrected chi connectivity index (χ1v) is 6.09. The van der Waals surface area contributed by atoms with E-state index in [1.165, 1.54) is 0 Å². The predicted octanol–water partition coefficient (Wildman–Crippen LogP) is 1.17. The summed E-state index contributed by atoms with van der Waals surface area (Å²) >= 11 is 0. The van der Waals surface area contributed by atoms with Gasteiger partial charge in [-0.15, -0.1) is 0 Å². The van der Waals surface area contributed by atoms with Gasteiger partial charge in [-0.3, -0.25) is 9.48 Å². The average molecular weight is 245 g/mol. The zero-order valence-corrected chi connectivity index (χ0v) is 10.0. The van der Waals surface area contributed by atoms with E-state index in [1.807, 2.05) is 28.9 Å². The summed E-state index contributed by atoms with van der Waals surface area (Å²) in [6, 6.07) is 7.67. The Balaban J connectivity index is 2.02. The lowest BCUT2D eigenvalue weighted by Gasteiger charge is -2.08. The molecule has 1 saturated heterocycles. The van der Waals surface area contributed by atoms with Crippen LogP contribution in [0.15, 0.2) is 24.3 Å². The van der Waals surface area contributed by atoms with Crippen molar-refractivity contribution in [2.75, 3.05) is 13.2 Å². The molecule has 1 aliphatic heterocycles. The number of carbonyl (C=O) groups excluding carboxylic acids is 1. The van der Waals surface area contributed by atoms with Gasteiger partial charge in [-0.05, 0) is 12.5 Å². The minimum Gasteiger partial charge on any atom is -0.381 e. The van der Waals surface area contributed by atoms with E-state index in [0.717, 1.165) is 37.1 Å². The fourth-order valence-electron chi connectivity index (χ4n) is 2.42. The lowest BCUT2D eigenvalue weighted by molar-refractivity contribution is 0.0996. The van der Waals surface area contributed by atoms with E-state index >= 15 is 0 Å². The topological polar surface area (TPSA) is 70.1 Å². The Bertz CT molecular complexity index is 585. The van der Waals surface area contributed by atoms with Gasteiger partial charge in [0.1, 0.15) is 0 Å². The fourth-order valence-corrected chi connectivity index (χ4v) is 2.42. The highest BCUT2D eigenvalue weighted by atomic mass is 16.5. The fraction of sp³-hybridized carbons (Fsp3) is 0.385. The van der Waals surface area contributed by atoms with Crippen LogP contribution in [0, 0.1) is 5.92 Å². The first-order valence-electron chi connectivity index (χ1n) is 6.09. The summed E-state index contributed by atoms with van der Waals surface area (Å²) in [6.07, 6.45) is 1.04. The summed E-state index contributed by atoms with van der Waals surface area (Å²) in [5.74, 6) is -0.0124. The standard InChI is InChI=1S/C13H15N3O2/c14-13(17)12-10-3-1-2-4-11(10)16(15-12)7-9-5-6-18-8-9/h1-4,9H,5-8H2,(H2,14,17). The summed E-state index contributed by atoms with van der Waals surface area (Å²) in [6.45, 7) is 2.35. The maximum absolute atomic E-state index is 11.4. The molecule has 2 heterocycles. The quantitative estimate of drug-likeness (QED) is 0.882. The van der Waals surface area contributed by atoms with Crippen LogP contribution in [0.2, 0.25) is 0 Å². The van der Waals surface area contributed by atoms with Gasteiger partial charge in [-0.1, -0.05) is 18.2 Å². The first kappa shape index (κ1) is 11.2. The molecule has 0 aliphatic carbocycles. The molecule has 1 fully saturated rings. The number of hydrogen-bond donors (Lipinski definition) is 1. The average Bonchev–Trinajstić information content (AvgIpc) is 2.98. The molecule has 5 heteroatoms. The maximum atomic E-state index is 11.4. The number of para-hydroxylation sites is 1. The molecule has 1 unspecified atom stereocenters. The highest BCUT2D eigenvalue weighted by molar-refractivity contribution is 6.04. The number of primary amides is 1. The van der Waals surface area contributed by atoms with Gasteiger partial charge < -0.3 is 10.5 Å². The van der Waals surface area contributed by atoms with Crippen molar-refractivity contribution in [1.29, 1.82) is 0 Å². The number of carbonyl (C=O) groups is 1. The number of rotatable bonds is 3. The molecule has 1 aromatic heterocycles. The third kappa shape index (κ3) is 1.86. The molecule has 0 saturated carbocycles. The summed E-state index contributed by atoms with van der Waals surface area (Å²) in [4.78, 5) is 11.4. The van der Waals surface area contributed by atoms with E-state index in [0.29, 0.717) is 11.6 Å². The van der Waals surface area contributed by atoms with Crippen LogP contribution in [0.4, 0.5) is 0 Å². The van der Waals surface area contributed by atoms with Gasteiger partial charge in [0, 0.05) is 24.5 Å².